The molecule has 1 atom stereocenters. The normalized spacial score (nSPS) is 16.6. The van der Waals surface area contributed by atoms with Gasteiger partial charge in [0.1, 0.15) is 17.0 Å². The molecule has 0 aliphatic carbocycles. The van der Waals surface area contributed by atoms with Gasteiger partial charge in [0.05, 0.1) is 18.8 Å². The van der Waals surface area contributed by atoms with Gasteiger partial charge in [-0.15, -0.1) is 0 Å². The number of hydrogen-bond donors (Lipinski definition) is 1. The quantitative estimate of drug-likeness (QED) is 0.281. The maximum Gasteiger partial charge on any atom is 0.273 e. The van der Waals surface area contributed by atoms with E-state index in [4.69, 9.17) is 9.84 Å². The van der Waals surface area contributed by atoms with Gasteiger partial charge in [0.2, 0.25) is 5.91 Å². The molecule has 3 aromatic carbocycles. The standard InChI is InChI=1S/C32H34N4O3/c1-3-4-19-39-27-17-15-25(16-18-27)22-35-30(37)29-20-28(26-13-9-6-10-14-26)34-36(29)23-32(35,2)31(38)33-21-24-11-7-5-8-12-24/h5-18,20H,3-4,19,21-23H2,1-2H3,(H,33,38)/t32-/m0/s1. The summed E-state index contributed by atoms with van der Waals surface area (Å²) in [7, 11) is 0. The van der Waals surface area contributed by atoms with E-state index in [0.717, 1.165) is 35.3 Å². The number of amides is 2. The number of nitrogens with one attached hydrogen (secondary N) is 1. The molecule has 1 aromatic heterocycles. The van der Waals surface area contributed by atoms with Crippen molar-refractivity contribution in [3.8, 4) is 17.0 Å². The lowest BCUT2D eigenvalue weighted by molar-refractivity contribution is -0.133. The smallest absolute Gasteiger partial charge is 0.273 e. The number of hydrogen-bond acceptors (Lipinski definition) is 4. The van der Waals surface area contributed by atoms with E-state index in [-0.39, 0.29) is 24.9 Å². The zero-order chi connectivity index (χ0) is 27.2. The molecular weight excluding hydrogens is 488 g/mol. The average molecular weight is 523 g/mol. The van der Waals surface area contributed by atoms with Crippen molar-refractivity contribution in [3.05, 3.63) is 108 Å². The minimum atomic E-state index is -1.14. The first kappa shape index (κ1) is 26.2. The van der Waals surface area contributed by atoms with Crippen LogP contribution in [-0.2, 0) is 24.4 Å². The lowest BCUT2D eigenvalue weighted by Crippen LogP contribution is -2.63. The summed E-state index contributed by atoms with van der Waals surface area (Å²) < 4.78 is 7.48. The fraction of sp³-hybridized carbons (Fsp3) is 0.281. The topological polar surface area (TPSA) is 76.5 Å². The Kier molecular flexibility index (Phi) is 7.77. The van der Waals surface area contributed by atoms with Crippen LogP contribution >= 0.6 is 0 Å². The minimum absolute atomic E-state index is 0.221. The summed E-state index contributed by atoms with van der Waals surface area (Å²) in [5.41, 5.74) is 2.88. The van der Waals surface area contributed by atoms with Gasteiger partial charge in [-0.2, -0.15) is 5.10 Å². The first-order chi connectivity index (χ1) is 19.0. The van der Waals surface area contributed by atoms with Gasteiger partial charge in [-0.1, -0.05) is 86.1 Å². The van der Waals surface area contributed by atoms with Crippen LogP contribution in [0.25, 0.3) is 11.3 Å². The zero-order valence-electron chi connectivity index (χ0n) is 22.5. The number of fused-ring (bicyclic) bond motifs is 1. The minimum Gasteiger partial charge on any atom is -0.494 e. The Morgan fingerprint density at radius 2 is 1.67 bits per heavy atom. The summed E-state index contributed by atoms with van der Waals surface area (Å²) in [4.78, 5) is 29.4. The van der Waals surface area contributed by atoms with Gasteiger partial charge >= 0.3 is 0 Å². The number of nitrogens with zero attached hydrogens (tertiary/aromatic N) is 3. The highest BCUT2D eigenvalue weighted by molar-refractivity contribution is 6.00. The average Bonchev–Trinajstić information content (AvgIpc) is 3.40. The van der Waals surface area contributed by atoms with Gasteiger partial charge in [-0.05, 0) is 42.7 Å². The van der Waals surface area contributed by atoms with Crippen molar-refractivity contribution < 1.29 is 14.3 Å². The molecule has 0 radical (unpaired) electrons. The van der Waals surface area contributed by atoms with Crippen molar-refractivity contribution in [1.29, 1.82) is 0 Å². The van der Waals surface area contributed by atoms with Crippen LogP contribution in [0, 0.1) is 0 Å². The SMILES string of the molecule is CCCCOc1ccc(CN2C(=O)c3cc(-c4ccccc4)nn3C[C@@]2(C)C(=O)NCc2ccccc2)cc1. The molecule has 0 saturated carbocycles. The number of unbranched alkanes of at least 4 members (excludes halogenated alkanes) is 1. The summed E-state index contributed by atoms with van der Waals surface area (Å²) in [6.07, 6.45) is 2.07. The largest absolute Gasteiger partial charge is 0.494 e. The van der Waals surface area contributed by atoms with Gasteiger partial charge < -0.3 is 15.0 Å². The molecule has 2 heterocycles. The molecule has 2 amide bonds. The predicted octanol–water partition coefficient (Wildman–Crippen LogP) is 5.46. The van der Waals surface area contributed by atoms with Gasteiger partial charge in [-0.3, -0.25) is 14.3 Å². The van der Waals surface area contributed by atoms with Crippen molar-refractivity contribution in [2.45, 2.75) is 51.9 Å². The van der Waals surface area contributed by atoms with E-state index in [9.17, 15) is 9.59 Å². The van der Waals surface area contributed by atoms with Crippen LogP contribution in [0.3, 0.4) is 0 Å². The van der Waals surface area contributed by atoms with Crippen LogP contribution in [0.5, 0.6) is 5.75 Å². The molecule has 1 aliphatic rings. The van der Waals surface area contributed by atoms with Crippen LogP contribution in [0.4, 0.5) is 0 Å². The second kappa shape index (κ2) is 11.6. The van der Waals surface area contributed by atoms with Crippen molar-refractivity contribution in [1.82, 2.24) is 20.0 Å². The van der Waals surface area contributed by atoms with Gasteiger partial charge in [0, 0.05) is 18.7 Å². The van der Waals surface area contributed by atoms with Crippen LogP contribution in [0.15, 0.2) is 91.0 Å². The van der Waals surface area contributed by atoms with Crippen molar-refractivity contribution in [3.63, 3.8) is 0 Å². The Bertz CT molecular complexity index is 1420. The summed E-state index contributed by atoms with van der Waals surface area (Å²) in [6.45, 7) is 5.54. The first-order valence-corrected chi connectivity index (χ1v) is 13.5. The van der Waals surface area contributed by atoms with E-state index in [2.05, 4.69) is 12.2 Å². The summed E-state index contributed by atoms with van der Waals surface area (Å²) in [5, 5.41) is 7.79. The Labute approximate surface area is 229 Å². The van der Waals surface area contributed by atoms with E-state index in [1.165, 1.54) is 0 Å². The van der Waals surface area contributed by atoms with Gasteiger partial charge in [-0.25, -0.2) is 0 Å². The Morgan fingerprint density at radius 1 is 0.974 bits per heavy atom. The molecule has 7 heteroatoms. The number of rotatable bonds is 10. The molecule has 4 aromatic rings. The number of benzene rings is 3. The molecule has 0 bridgehead atoms. The second-order valence-electron chi connectivity index (χ2n) is 10.1. The molecule has 7 nitrogen and oxygen atoms in total. The molecule has 0 saturated heterocycles. The number of carbonyl (C=O) groups excluding carboxylic acids is 2. The molecule has 200 valence electrons. The summed E-state index contributed by atoms with van der Waals surface area (Å²) in [6, 6.07) is 29.1. The highest BCUT2D eigenvalue weighted by Gasteiger charge is 2.48. The number of aromatic nitrogens is 2. The second-order valence-corrected chi connectivity index (χ2v) is 10.1. The summed E-state index contributed by atoms with van der Waals surface area (Å²) in [5.74, 6) is 0.351. The Balaban J connectivity index is 1.43. The van der Waals surface area contributed by atoms with Gasteiger partial charge in [0.15, 0.2) is 0 Å². The van der Waals surface area contributed by atoms with Crippen molar-refractivity contribution in [2.24, 2.45) is 0 Å². The van der Waals surface area contributed by atoms with Gasteiger partial charge in [0.25, 0.3) is 5.91 Å². The Morgan fingerprint density at radius 3 is 2.36 bits per heavy atom. The third-order valence-electron chi connectivity index (χ3n) is 7.18. The highest BCUT2D eigenvalue weighted by Crippen LogP contribution is 2.32. The highest BCUT2D eigenvalue weighted by atomic mass is 16.5. The van der Waals surface area contributed by atoms with E-state index < -0.39 is 5.54 Å². The van der Waals surface area contributed by atoms with E-state index in [1.54, 1.807) is 9.58 Å². The third-order valence-corrected chi connectivity index (χ3v) is 7.18. The van der Waals surface area contributed by atoms with Crippen molar-refractivity contribution in [2.75, 3.05) is 6.61 Å². The molecule has 0 unspecified atom stereocenters. The molecular formula is C32H34N4O3. The predicted molar refractivity (Wildman–Crippen MR) is 151 cm³/mol. The lowest BCUT2D eigenvalue weighted by Gasteiger charge is -2.43. The van der Waals surface area contributed by atoms with Crippen molar-refractivity contribution >= 4 is 11.8 Å². The third kappa shape index (κ3) is 5.72. The monoisotopic (exact) mass is 522 g/mol. The fourth-order valence-corrected chi connectivity index (χ4v) is 4.82. The van der Waals surface area contributed by atoms with Crippen LogP contribution in [-0.4, -0.2) is 38.6 Å². The van der Waals surface area contributed by atoms with E-state index in [1.807, 2.05) is 97.9 Å². The maximum absolute atomic E-state index is 14.0. The number of ether oxygens (including phenoxy) is 1. The molecule has 39 heavy (non-hydrogen) atoms. The maximum atomic E-state index is 14.0. The fourth-order valence-electron chi connectivity index (χ4n) is 4.82. The molecule has 1 N–H and O–H groups in total. The molecule has 1 aliphatic heterocycles. The first-order valence-electron chi connectivity index (χ1n) is 13.5. The number of carbonyl (C=O) groups is 2. The van der Waals surface area contributed by atoms with Crippen LogP contribution in [0.1, 0.15) is 48.3 Å². The molecule has 0 fully saturated rings. The molecule has 0 spiro atoms. The van der Waals surface area contributed by atoms with E-state index in [0.29, 0.717) is 24.5 Å². The zero-order valence-corrected chi connectivity index (χ0v) is 22.5. The molecule has 5 rings (SSSR count). The van der Waals surface area contributed by atoms with E-state index >= 15 is 0 Å². The Hall–Kier alpha value is -4.39. The summed E-state index contributed by atoms with van der Waals surface area (Å²) >= 11 is 0. The lowest BCUT2D eigenvalue weighted by atomic mass is 9.94. The van der Waals surface area contributed by atoms with Crippen LogP contribution in [0.2, 0.25) is 0 Å². The van der Waals surface area contributed by atoms with Crippen LogP contribution < -0.4 is 10.1 Å².